The van der Waals surface area contributed by atoms with Crippen LogP contribution >= 0.6 is 0 Å². The van der Waals surface area contributed by atoms with Crippen molar-refractivity contribution in [1.82, 2.24) is 10.6 Å². The Hall–Kier alpha value is -1.59. The van der Waals surface area contributed by atoms with Crippen molar-refractivity contribution in [1.29, 1.82) is 0 Å². The SMILES string of the molecule is CCCCC(NC(=O)C1CCC(NC(=O)CC2CCCCC2)CC1)C(=O)O. The zero-order valence-corrected chi connectivity index (χ0v) is 16.7. The van der Waals surface area contributed by atoms with Crippen molar-refractivity contribution in [2.45, 2.75) is 102 Å². The van der Waals surface area contributed by atoms with Crippen molar-refractivity contribution in [3.8, 4) is 0 Å². The summed E-state index contributed by atoms with van der Waals surface area (Å²) < 4.78 is 0. The molecule has 154 valence electrons. The summed E-state index contributed by atoms with van der Waals surface area (Å²) in [5.41, 5.74) is 0. The fraction of sp³-hybridized carbons (Fsp3) is 0.857. The van der Waals surface area contributed by atoms with Crippen molar-refractivity contribution in [3.63, 3.8) is 0 Å². The number of hydrogen-bond acceptors (Lipinski definition) is 3. The van der Waals surface area contributed by atoms with Gasteiger partial charge in [0.2, 0.25) is 11.8 Å². The normalized spacial score (nSPS) is 24.8. The van der Waals surface area contributed by atoms with Gasteiger partial charge in [-0.1, -0.05) is 39.0 Å². The highest BCUT2D eigenvalue weighted by Crippen LogP contribution is 2.28. The number of unbranched alkanes of at least 4 members (excludes halogenated alkanes) is 1. The highest BCUT2D eigenvalue weighted by molar-refractivity contribution is 5.85. The molecular weight excluding hydrogens is 344 g/mol. The fourth-order valence-electron chi connectivity index (χ4n) is 4.40. The number of amides is 2. The minimum absolute atomic E-state index is 0.139. The van der Waals surface area contributed by atoms with Crippen LogP contribution in [0.15, 0.2) is 0 Å². The first-order valence-corrected chi connectivity index (χ1v) is 10.8. The lowest BCUT2D eigenvalue weighted by atomic mass is 9.84. The van der Waals surface area contributed by atoms with Crippen LogP contribution in [-0.2, 0) is 14.4 Å². The van der Waals surface area contributed by atoms with Gasteiger partial charge in [-0.25, -0.2) is 4.79 Å². The van der Waals surface area contributed by atoms with Crippen LogP contribution in [0.2, 0.25) is 0 Å². The molecule has 2 fully saturated rings. The molecule has 0 spiro atoms. The Labute approximate surface area is 162 Å². The van der Waals surface area contributed by atoms with Crippen molar-refractivity contribution < 1.29 is 19.5 Å². The molecule has 2 amide bonds. The van der Waals surface area contributed by atoms with Crippen molar-refractivity contribution in [2.24, 2.45) is 11.8 Å². The van der Waals surface area contributed by atoms with Gasteiger partial charge in [-0.15, -0.1) is 0 Å². The molecule has 1 atom stereocenters. The predicted octanol–water partition coefficient (Wildman–Crippen LogP) is 3.39. The zero-order valence-electron chi connectivity index (χ0n) is 16.7. The number of rotatable bonds is 9. The van der Waals surface area contributed by atoms with Crippen LogP contribution in [-0.4, -0.2) is 35.0 Å². The largest absolute Gasteiger partial charge is 0.480 e. The molecular formula is C21H36N2O4. The average Bonchev–Trinajstić information content (AvgIpc) is 2.66. The Kier molecular flexibility index (Phi) is 9.08. The van der Waals surface area contributed by atoms with Gasteiger partial charge in [-0.2, -0.15) is 0 Å². The minimum atomic E-state index is -0.958. The lowest BCUT2D eigenvalue weighted by molar-refractivity contribution is -0.143. The summed E-state index contributed by atoms with van der Waals surface area (Å²) in [6.07, 6.45) is 11.9. The van der Waals surface area contributed by atoms with Crippen molar-refractivity contribution in [2.75, 3.05) is 0 Å². The van der Waals surface area contributed by atoms with E-state index in [1.807, 2.05) is 6.92 Å². The maximum Gasteiger partial charge on any atom is 0.326 e. The topological polar surface area (TPSA) is 95.5 Å². The van der Waals surface area contributed by atoms with Gasteiger partial charge in [-0.3, -0.25) is 9.59 Å². The Morgan fingerprint density at radius 1 is 1.00 bits per heavy atom. The van der Waals surface area contributed by atoms with E-state index in [2.05, 4.69) is 10.6 Å². The first kappa shape index (κ1) is 21.7. The van der Waals surface area contributed by atoms with Gasteiger partial charge in [0.15, 0.2) is 0 Å². The lowest BCUT2D eigenvalue weighted by Gasteiger charge is -2.30. The van der Waals surface area contributed by atoms with E-state index in [0.29, 0.717) is 31.6 Å². The van der Waals surface area contributed by atoms with Gasteiger partial charge in [0.05, 0.1) is 0 Å². The second-order valence-electron chi connectivity index (χ2n) is 8.37. The van der Waals surface area contributed by atoms with E-state index in [9.17, 15) is 19.5 Å². The second kappa shape index (κ2) is 11.3. The third-order valence-electron chi connectivity index (χ3n) is 6.12. The number of carbonyl (C=O) groups is 3. The number of carboxylic acids is 1. The predicted molar refractivity (Wildman–Crippen MR) is 104 cm³/mol. The molecule has 0 saturated heterocycles. The third kappa shape index (κ3) is 7.51. The molecule has 3 N–H and O–H groups in total. The molecule has 2 rings (SSSR count). The molecule has 0 aromatic carbocycles. The van der Waals surface area contributed by atoms with Gasteiger partial charge in [0.25, 0.3) is 0 Å². The van der Waals surface area contributed by atoms with E-state index in [1.165, 1.54) is 32.1 Å². The highest BCUT2D eigenvalue weighted by atomic mass is 16.4. The van der Waals surface area contributed by atoms with Gasteiger partial charge in [-0.05, 0) is 50.9 Å². The average molecular weight is 381 g/mol. The summed E-state index contributed by atoms with van der Waals surface area (Å²) >= 11 is 0. The third-order valence-corrected chi connectivity index (χ3v) is 6.12. The quantitative estimate of drug-likeness (QED) is 0.571. The summed E-state index contributed by atoms with van der Waals surface area (Å²) in [5, 5.41) is 15.1. The Bertz CT molecular complexity index is 494. The first-order valence-electron chi connectivity index (χ1n) is 10.8. The monoisotopic (exact) mass is 380 g/mol. The van der Waals surface area contributed by atoms with Crippen molar-refractivity contribution in [3.05, 3.63) is 0 Å². The van der Waals surface area contributed by atoms with Gasteiger partial charge in [0.1, 0.15) is 6.04 Å². The van der Waals surface area contributed by atoms with Crippen molar-refractivity contribution >= 4 is 17.8 Å². The Morgan fingerprint density at radius 3 is 2.26 bits per heavy atom. The Balaban J connectivity index is 1.69. The maximum absolute atomic E-state index is 12.4. The van der Waals surface area contributed by atoms with E-state index in [1.54, 1.807) is 0 Å². The summed E-state index contributed by atoms with van der Waals surface area (Å²) in [4.78, 5) is 36.0. The van der Waals surface area contributed by atoms with Crippen LogP contribution in [0.5, 0.6) is 0 Å². The second-order valence-corrected chi connectivity index (χ2v) is 8.37. The van der Waals surface area contributed by atoms with E-state index in [-0.39, 0.29) is 23.8 Å². The standard InChI is InChI=1S/C21H36N2O4/c1-2-3-9-18(21(26)27)23-20(25)16-10-12-17(13-11-16)22-19(24)14-15-7-5-4-6-8-15/h15-18H,2-14H2,1H3,(H,22,24)(H,23,25)(H,26,27). The number of nitrogens with one attached hydrogen (secondary N) is 2. The molecule has 27 heavy (non-hydrogen) atoms. The molecule has 1 unspecified atom stereocenters. The zero-order chi connectivity index (χ0) is 19.6. The first-order chi connectivity index (χ1) is 13.0. The molecule has 2 aliphatic rings. The summed E-state index contributed by atoms with van der Waals surface area (Å²) in [6, 6.07) is -0.633. The maximum atomic E-state index is 12.4. The van der Waals surface area contributed by atoms with E-state index in [4.69, 9.17) is 0 Å². The van der Waals surface area contributed by atoms with E-state index < -0.39 is 12.0 Å². The molecule has 2 aliphatic carbocycles. The van der Waals surface area contributed by atoms with E-state index >= 15 is 0 Å². The molecule has 0 heterocycles. The lowest BCUT2D eigenvalue weighted by Crippen LogP contribution is -2.46. The van der Waals surface area contributed by atoms with Crippen LogP contribution in [0.1, 0.15) is 90.4 Å². The summed E-state index contributed by atoms with van der Waals surface area (Å²) in [7, 11) is 0. The number of carbonyl (C=O) groups excluding carboxylic acids is 2. The van der Waals surface area contributed by atoms with Crippen LogP contribution in [0.4, 0.5) is 0 Å². The molecule has 0 aromatic rings. The molecule has 0 bridgehead atoms. The highest BCUT2D eigenvalue weighted by Gasteiger charge is 2.30. The molecule has 2 saturated carbocycles. The van der Waals surface area contributed by atoms with Gasteiger partial charge < -0.3 is 15.7 Å². The van der Waals surface area contributed by atoms with Crippen LogP contribution in [0.3, 0.4) is 0 Å². The van der Waals surface area contributed by atoms with Gasteiger partial charge in [0, 0.05) is 18.4 Å². The molecule has 6 heteroatoms. The van der Waals surface area contributed by atoms with Crippen LogP contribution in [0, 0.1) is 11.8 Å². The van der Waals surface area contributed by atoms with E-state index in [0.717, 1.165) is 25.7 Å². The Morgan fingerprint density at radius 2 is 1.67 bits per heavy atom. The van der Waals surface area contributed by atoms with Crippen LogP contribution in [0.25, 0.3) is 0 Å². The smallest absolute Gasteiger partial charge is 0.326 e. The number of aliphatic carboxylic acids is 1. The number of hydrogen-bond donors (Lipinski definition) is 3. The molecule has 0 aromatic heterocycles. The number of carboxylic acid groups (broad SMARTS) is 1. The fourth-order valence-corrected chi connectivity index (χ4v) is 4.40. The summed E-state index contributed by atoms with van der Waals surface area (Å²) in [5.74, 6) is -0.553. The molecule has 0 aliphatic heterocycles. The van der Waals surface area contributed by atoms with Gasteiger partial charge >= 0.3 is 5.97 Å². The summed E-state index contributed by atoms with van der Waals surface area (Å²) in [6.45, 7) is 2.00. The van der Waals surface area contributed by atoms with Crippen LogP contribution < -0.4 is 10.6 Å². The molecule has 6 nitrogen and oxygen atoms in total. The molecule has 0 radical (unpaired) electrons. The minimum Gasteiger partial charge on any atom is -0.480 e.